The van der Waals surface area contributed by atoms with Crippen molar-refractivity contribution in [3.8, 4) is 0 Å². The number of nitrogens with one attached hydrogen (secondary N) is 1. The maximum Gasteiger partial charge on any atom is 0.338 e. The number of amides is 1. The van der Waals surface area contributed by atoms with E-state index in [9.17, 15) is 30.0 Å². The molecule has 43 heavy (non-hydrogen) atoms. The summed E-state index contributed by atoms with van der Waals surface area (Å²) in [6, 6.07) is -0.827. The van der Waals surface area contributed by atoms with Gasteiger partial charge in [0.15, 0.2) is 12.4 Å². The number of esters is 1. The predicted octanol–water partition coefficient (Wildman–Crippen LogP) is 1.43. The molecule has 0 aromatic rings. The Morgan fingerprint density at radius 2 is 1.74 bits per heavy atom. The first-order valence-electron chi connectivity index (χ1n) is 15.9. The van der Waals surface area contributed by atoms with Gasteiger partial charge in [-0.25, -0.2) is 4.79 Å². The van der Waals surface area contributed by atoms with E-state index >= 15 is 0 Å². The molecule has 2 heterocycles. The van der Waals surface area contributed by atoms with E-state index in [0.29, 0.717) is 25.2 Å². The van der Waals surface area contributed by atoms with E-state index in [-0.39, 0.29) is 30.3 Å². The molecule has 2 saturated heterocycles. The molecule has 0 spiro atoms. The van der Waals surface area contributed by atoms with Crippen LogP contribution in [0, 0.1) is 17.8 Å². The molecule has 0 aromatic heterocycles. The summed E-state index contributed by atoms with van der Waals surface area (Å²) in [6.07, 6.45) is -6.75. The smallest absolute Gasteiger partial charge is 0.338 e. The van der Waals surface area contributed by atoms with Crippen molar-refractivity contribution < 1.29 is 53.7 Å². The highest BCUT2D eigenvalue weighted by Crippen LogP contribution is 2.39. The number of carbonyl (C=O) groups is 2. The topological polar surface area (TPSA) is 173 Å². The molecule has 12 nitrogen and oxygen atoms in total. The predicted molar refractivity (Wildman–Crippen MR) is 156 cm³/mol. The Bertz CT molecular complexity index is 911. The largest absolute Gasteiger partial charge is 0.460 e. The molecule has 3 aliphatic rings. The zero-order valence-electron chi connectivity index (χ0n) is 27.0. The quantitative estimate of drug-likeness (QED) is 0.212. The number of ether oxygens (including phenoxy) is 5. The van der Waals surface area contributed by atoms with E-state index in [2.05, 4.69) is 12.2 Å². The number of carbonyl (C=O) groups excluding carboxylic acids is 2. The maximum atomic E-state index is 13.7. The first kappa shape index (κ1) is 36.1. The van der Waals surface area contributed by atoms with Crippen molar-refractivity contribution >= 4 is 11.9 Å². The monoisotopic (exact) mass is 617 g/mol. The highest BCUT2D eigenvalue weighted by Gasteiger charge is 2.52. The van der Waals surface area contributed by atoms with Crippen LogP contribution in [0.1, 0.15) is 87.5 Å². The number of hydrogen-bond acceptors (Lipinski definition) is 11. The Kier molecular flexibility index (Phi) is 12.8. The fraction of sp³-hybridized carbons (Fsp3) is 0.935. The summed E-state index contributed by atoms with van der Waals surface area (Å²) in [4.78, 5) is 25.9. The van der Waals surface area contributed by atoms with Crippen molar-refractivity contribution in [1.29, 1.82) is 0 Å². The van der Waals surface area contributed by atoms with Gasteiger partial charge in [0.25, 0.3) is 0 Å². The SMILES string of the molecule is CC[C@H](C)[C@H]1OC(CO)C(O)C(OC2OC(C(=O)OC3CC(C)CCC3C(C)(C)O)C(OC(C)C)CC2O)C1NC(C)=O. The molecule has 0 radical (unpaired) electrons. The van der Waals surface area contributed by atoms with Gasteiger partial charge in [0.2, 0.25) is 5.91 Å². The second kappa shape index (κ2) is 15.3. The van der Waals surface area contributed by atoms with Gasteiger partial charge in [0.1, 0.15) is 30.5 Å². The molecule has 13 atom stereocenters. The number of hydrogen-bond donors (Lipinski definition) is 5. The lowest BCUT2D eigenvalue weighted by molar-refractivity contribution is -0.315. The average molecular weight is 618 g/mol. The third-order valence-corrected chi connectivity index (χ3v) is 9.12. The van der Waals surface area contributed by atoms with Gasteiger partial charge in [-0.05, 0) is 52.4 Å². The van der Waals surface area contributed by atoms with Crippen LogP contribution in [0.2, 0.25) is 0 Å². The maximum absolute atomic E-state index is 13.7. The fourth-order valence-corrected chi connectivity index (χ4v) is 6.65. The van der Waals surface area contributed by atoms with Gasteiger partial charge >= 0.3 is 5.97 Å². The Morgan fingerprint density at radius 3 is 2.30 bits per heavy atom. The lowest BCUT2D eigenvalue weighted by Crippen LogP contribution is -2.67. The molecule has 5 N–H and O–H groups in total. The van der Waals surface area contributed by atoms with Crippen LogP contribution in [-0.4, -0.2) is 112 Å². The summed E-state index contributed by atoms with van der Waals surface area (Å²) in [5, 5.41) is 45.9. The fourth-order valence-electron chi connectivity index (χ4n) is 6.65. The molecule has 1 aliphatic carbocycles. The van der Waals surface area contributed by atoms with Gasteiger partial charge in [-0.2, -0.15) is 0 Å². The van der Waals surface area contributed by atoms with Gasteiger partial charge in [0, 0.05) is 19.3 Å². The van der Waals surface area contributed by atoms with Crippen molar-refractivity contribution in [2.45, 2.75) is 160 Å². The highest BCUT2D eigenvalue weighted by atomic mass is 16.7. The Hall–Kier alpha value is -1.38. The van der Waals surface area contributed by atoms with Gasteiger partial charge < -0.3 is 49.4 Å². The van der Waals surface area contributed by atoms with Gasteiger partial charge in [-0.15, -0.1) is 0 Å². The van der Waals surface area contributed by atoms with Crippen LogP contribution in [0.3, 0.4) is 0 Å². The van der Waals surface area contributed by atoms with Crippen molar-refractivity contribution in [1.82, 2.24) is 5.32 Å². The summed E-state index contributed by atoms with van der Waals surface area (Å²) in [5.74, 6) is -1.08. The van der Waals surface area contributed by atoms with E-state index in [1.54, 1.807) is 13.8 Å². The zero-order valence-corrected chi connectivity index (χ0v) is 27.0. The van der Waals surface area contributed by atoms with Crippen molar-refractivity contribution in [2.24, 2.45) is 17.8 Å². The van der Waals surface area contributed by atoms with Gasteiger partial charge in [-0.1, -0.05) is 33.6 Å². The molecule has 0 aromatic carbocycles. The molecule has 0 bridgehead atoms. The second-order valence-electron chi connectivity index (χ2n) is 13.6. The van der Waals surface area contributed by atoms with Crippen LogP contribution >= 0.6 is 0 Å². The highest BCUT2D eigenvalue weighted by molar-refractivity contribution is 5.76. The molecular weight excluding hydrogens is 562 g/mol. The van der Waals surface area contributed by atoms with E-state index < -0.39 is 79.3 Å². The summed E-state index contributed by atoms with van der Waals surface area (Å²) in [6.45, 7) is 13.9. The summed E-state index contributed by atoms with van der Waals surface area (Å²) < 4.78 is 30.3. The summed E-state index contributed by atoms with van der Waals surface area (Å²) >= 11 is 0. The molecule has 12 heteroatoms. The van der Waals surface area contributed by atoms with Gasteiger partial charge in [0.05, 0.1) is 36.6 Å². The minimum absolute atomic E-state index is 0.0130. The molecule has 11 unspecified atom stereocenters. The number of rotatable bonds is 11. The third kappa shape index (κ3) is 9.09. The summed E-state index contributed by atoms with van der Waals surface area (Å²) in [7, 11) is 0. The van der Waals surface area contributed by atoms with E-state index in [1.165, 1.54) is 6.92 Å². The van der Waals surface area contributed by atoms with Crippen LogP contribution in [0.4, 0.5) is 0 Å². The molecule has 1 amide bonds. The Morgan fingerprint density at radius 1 is 1.07 bits per heavy atom. The Balaban J connectivity index is 1.88. The van der Waals surface area contributed by atoms with Gasteiger partial charge in [-0.3, -0.25) is 4.79 Å². The normalized spacial score (nSPS) is 39.7. The molecule has 1 saturated carbocycles. The van der Waals surface area contributed by atoms with Crippen LogP contribution in [-0.2, 0) is 33.3 Å². The standard InChI is InChI=1S/C31H55NO11/c1-9-17(5)26-24(32-18(6)34)28(25(36)23(14-33)40-26)43-30-20(35)13-22(39-15(2)3)27(42-30)29(37)41-21-12-16(4)10-11-19(21)31(7,8)38/h15-17,19-28,30,33,35-36,38H,9-14H2,1-8H3,(H,32,34)/t16?,17-,19?,20?,21?,22?,23?,24?,25?,26+,27?,28?,30?/m0/s1. The molecule has 250 valence electrons. The number of aliphatic hydroxyl groups is 4. The molecule has 2 aliphatic heterocycles. The number of aliphatic hydroxyl groups excluding tert-OH is 3. The zero-order chi connectivity index (χ0) is 32.2. The first-order chi connectivity index (χ1) is 20.1. The van der Waals surface area contributed by atoms with E-state index in [4.69, 9.17) is 23.7 Å². The second-order valence-corrected chi connectivity index (χ2v) is 13.6. The molecule has 3 rings (SSSR count). The summed E-state index contributed by atoms with van der Waals surface area (Å²) in [5.41, 5.74) is -1.05. The van der Waals surface area contributed by atoms with Crippen LogP contribution in [0.5, 0.6) is 0 Å². The van der Waals surface area contributed by atoms with Crippen molar-refractivity contribution in [3.63, 3.8) is 0 Å². The first-order valence-corrected chi connectivity index (χ1v) is 15.9. The van der Waals surface area contributed by atoms with E-state index in [0.717, 1.165) is 6.42 Å². The third-order valence-electron chi connectivity index (χ3n) is 9.12. The van der Waals surface area contributed by atoms with E-state index in [1.807, 2.05) is 27.7 Å². The van der Waals surface area contributed by atoms with Crippen molar-refractivity contribution in [3.05, 3.63) is 0 Å². The molecular formula is C31H55NO11. The van der Waals surface area contributed by atoms with Crippen LogP contribution in [0.15, 0.2) is 0 Å². The van der Waals surface area contributed by atoms with Crippen molar-refractivity contribution in [2.75, 3.05) is 6.61 Å². The lowest BCUT2D eigenvalue weighted by Gasteiger charge is -2.48. The average Bonchev–Trinajstić information content (AvgIpc) is 2.90. The Labute approximate surface area is 255 Å². The molecule has 3 fully saturated rings. The minimum atomic E-state index is -1.38. The minimum Gasteiger partial charge on any atom is -0.460 e. The van der Waals surface area contributed by atoms with Crippen LogP contribution < -0.4 is 5.32 Å². The van der Waals surface area contributed by atoms with Crippen LogP contribution in [0.25, 0.3) is 0 Å². The lowest BCUT2D eigenvalue weighted by atomic mass is 9.73.